The maximum atomic E-state index is 12.4. The highest BCUT2D eigenvalue weighted by Gasteiger charge is 2.27. The summed E-state index contributed by atoms with van der Waals surface area (Å²) in [6, 6.07) is -0.104. The summed E-state index contributed by atoms with van der Waals surface area (Å²) in [5, 5.41) is 9.93. The van der Waals surface area contributed by atoms with Crippen molar-refractivity contribution in [2.45, 2.75) is 57.2 Å². The van der Waals surface area contributed by atoms with Crippen LogP contribution in [0.4, 0.5) is 0 Å². The summed E-state index contributed by atoms with van der Waals surface area (Å²) in [6.45, 7) is 2.70. The van der Waals surface area contributed by atoms with Crippen molar-refractivity contribution < 1.29 is 9.59 Å². The molecule has 24 heavy (non-hydrogen) atoms. The molecule has 3 rings (SSSR count). The third-order valence-corrected chi connectivity index (χ3v) is 4.83. The number of carbonyl (C=O) groups is 2. The molecule has 0 aliphatic carbocycles. The van der Waals surface area contributed by atoms with Crippen molar-refractivity contribution in [1.82, 2.24) is 30.3 Å². The van der Waals surface area contributed by atoms with E-state index in [1.807, 2.05) is 4.68 Å². The van der Waals surface area contributed by atoms with Crippen molar-refractivity contribution in [3.63, 3.8) is 0 Å². The van der Waals surface area contributed by atoms with Crippen molar-refractivity contribution in [1.29, 1.82) is 0 Å². The van der Waals surface area contributed by atoms with Crippen LogP contribution in [0.15, 0.2) is 12.7 Å². The first kappa shape index (κ1) is 16.9. The standard InChI is InChI=1S/C16H26N6O2/c23-15(20-14-6-1-3-7-18-16(14)24)10-21-8-4-2-5-13(21)9-22-12-17-11-19-22/h11-14H,1-10H2,(H,18,24)(H,20,23)/t13-,14-/m0/s1. The van der Waals surface area contributed by atoms with Gasteiger partial charge in [-0.25, -0.2) is 4.98 Å². The Morgan fingerprint density at radius 3 is 3.00 bits per heavy atom. The van der Waals surface area contributed by atoms with E-state index in [1.165, 1.54) is 12.7 Å². The summed E-state index contributed by atoms with van der Waals surface area (Å²) in [6.07, 6.45) is 9.23. The lowest BCUT2D eigenvalue weighted by molar-refractivity contribution is -0.130. The average molecular weight is 334 g/mol. The van der Waals surface area contributed by atoms with Crippen LogP contribution in [0.5, 0.6) is 0 Å². The van der Waals surface area contributed by atoms with E-state index in [2.05, 4.69) is 25.6 Å². The van der Waals surface area contributed by atoms with Crippen LogP contribution >= 0.6 is 0 Å². The molecule has 8 heteroatoms. The number of nitrogens with zero attached hydrogens (tertiary/aromatic N) is 4. The summed E-state index contributed by atoms with van der Waals surface area (Å²) < 4.78 is 1.82. The number of nitrogens with one attached hydrogen (secondary N) is 2. The van der Waals surface area contributed by atoms with Crippen LogP contribution in [-0.2, 0) is 16.1 Å². The Bertz CT molecular complexity index is 547. The molecule has 1 aromatic heterocycles. The molecule has 2 N–H and O–H groups in total. The molecule has 0 spiro atoms. The Balaban J connectivity index is 1.54. The van der Waals surface area contributed by atoms with Gasteiger partial charge in [-0.15, -0.1) is 0 Å². The Morgan fingerprint density at radius 1 is 1.29 bits per heavy atom. The molecule has 0 saturated carbocycles. The molecule has 2 aliphatic heterocycles. The van der Waals surface area contributed by atoms with E-state index in [-0.39, 0.29) is 17.9 Å². The van der Waals surface area contributed by atoms with Gasteiger partial charge in [-0.1, -0.05) is 6.42 Å². The number of likely N-dealkylation sites (tertiary alicyclic amines) is 1. The minimum Gasteiger partial charge on any atom is -0.354 e. The van der Waals surface area contributed by atoms with Crippen LogP contribution in [0.25, 0.3) is 0 Å². The predicted molar refractivity (Wildman–Crippen MR) is 88.0 cm³/mol. The van der Waals surface area contributed by atoms with Crippen molar-refractivity contribution in [3.05, 3.63) is 12.7 Å². The molecule has 0 radical (unpaired) electrons. The molecular formula is C16H26N6O2. The summed E-state index contributed by atoms with van der Waals surface area (Å²) in [5.41, 5.74) is 0. The van der Waals surface area contributed by atoms with Crippen LogP contribution in [0.1, 0.15) is 38.5 Å². The van der Waals surface area contributed by atoms with Gasteiger partial charge in [0.2, 0.25) is 11.8 Å². The van der Waals surface area contributed by atoms with E-state index in [9.17, 15) is 9.59 Å². The van der Waals surface area contributed by atoms with E-state index in [0.29, 0.717) is 13.1 Å². The Kier molecular flexibility index (Phi) is 5.79. The van der Waals surface area contributed by atoms with E-state index >= 15 is 0 Å². The molecule has 0 bridgehead atoms. The number of hydrogen-bond acceptors (Lipinski definition) is 5. The first-order chi connectivity index (χ1) is 11.7. The molecule has 3 heterocycles. The van der Waals surface area contributed by atoms with Gasteiger partial charge < -0.3 is 10.6 Å². The fourth-order valence-electron chi connectivity index (χ4n) is 3.52. The highest BCUT2D eigenvalue weighted by atomic mass is 16.2. The third kappa shape index (κ3) is 4.53. The van der Waals surface area contributed by atoms with Gasteiger partial charge in [0, 0.05) is 12.6 Å². The largest absolute Gasteiger partial charge is 0.354 e. The molecule has 2 amide bonds. The lowest BCUT2D eigenvalue weighted by Crippen LogP contribution is -2.51. The number of hydrogen-bond donors (Lipinski definition) is 2. The van der Waals surface area contributed by atoms with Crippen LogP contribution in [-0.4, -0.2) is 63.2 Å². The topological polar surface area (TPSA) is 92.2 Å². The number of carbonyl (C=O) groups excluding carboxylic acids is 2. The van der Waals surface area contributed by atoms with Gasteiger partial charge in [-0.3, -0.25) is 19.2 Å². The normalized spacial score (nSPS) is 25.8. The molecule has 1 aromatic rings. The highest BCUT2D eigenvalue weighted by Crippen LogP contribution is 2.18. The lowest BCUT2D eigenvalue weighted by Gasteiger charge is -2.35. The summed E-state index contributed by atoms with van der Waals surface area (Å²) in [5.74, 6) is -0.124. The van der Waals surface area contributed by atoms with Crippen molar-refractivity contribution in [2.24, 2.45) is 0 Å². The smallest absolute Gasteiger partial charge is 0.242 e. The van der Waals surface area contributed by atoms with Crippen LogP contribution < -0.4 is 10.6 Å². The Labute approximate surface area is 142 Å². The second kappa shape index (κ2) is 8.23. The van der Waals surface area contributed by atoms with Crippen LogP contribution in [0, 0.1) is 0 Å². The number of piperidine rings is 1. The van der Waals surface area contributed by atoms with E-state index in [4.69, 9.17) is 0 Å². The van der Waals surface area contributed by atoms with E-state index in [0.717, 1.165) is 45.2 Å². The van der Waals surface area contributed by atoms with Crippen LogP contribution in [0.2, 0.25) is 0 Å². The zero-order valence-corrected chi connectivity index (χ0v) is 14.0. The fourth-order valence-corrected chi connectivity index (χ4v) is 3.52. The maximum Gasteiger partial charge on any atom is 0.242 e. The fraction of sp³-hybridized carbons (Fsp3) is 0.750. The first-order valence-corrected chi connectivity index (χ1v) is 8.86. The Morgan fingerprint density at radius 2 is 2.17 bits per heavy atom. The van der Waals surface area contributed by atoms with Crippen molar-refractivity contribution in [3.8, 4) is 0 Å². The summed E-state index contributed by atoms with van der Waals surface area (Å²) in [4.78, 5) is 30.6. The SMILES string of the molecule is O=C(CN1CCCC[C@H]1Cn1cncn1)N[C@H]1CCCCNC1=O. The zero-order valence-electron chi connectivity index (χ0n) is 14.0. The monoisotopic (exact) mass is 334 g/mol. The van der Waals surface area contributed by atoms with Gasteiger partial charge in [0.15, 0.2) is 0 Å². The van der Waals surface area contributed by atoms with Crippen molar-refractivity contribution >= 4 is 11.8 Å². The predicted octanol–water partition coefficient (Wildman–Crippen LogP) is -0.0825. The average Bonchev–Trinajstić information content (AvgIpc) is 3.00. The second-order valence-electron chi connectivity index (χ2n) is 6.64. The molecule has 2 saturated heterocycles. The number of rotatable bonds is 5. The van der Waals surface area contributed by atoms with Gasteiger partial charge in [0.25, 0.3) is 0 Å². The molecule has 0 aromatic carbocycles. The van der Waals surface area contributed by atoms with E-state index in [1.54, 1.807) is 6.33 Å². The maximum absolute atomic E-state index is 12.4. The number of aromatic nitrogens is 3. The summed E-state index contributed by atoms with van der Waals surface area (Å²) >= 11 is 0. The lowest BCUT2D eigenvalue weighted by atomic mass is 10.0. The highest BCUT2D eigenvalue weighted by molar-refractivity contribution is 5.88. The third-order valence-electron chi connectivity index (χ3n) is 4.83. The molecule has 2 atom stereocenters. The molecule has 0 unspecified atom stereocenters. The van der Waals surface area contributed by atoms with Gasteiger partial charge >= 0.3 is 0 Å². The van der Waals surface area contributed by atoms with Crippen LogP contribution in [0.3, 0.4) is 0 Å². The molecule has 132 valence electrons. The minimum atomic E-state index is -0.390. The summed E-state index contributed by atoms with van der Waals surface area (Å²) in [7, 11) is 0. The van der Waals surface area contributed by atoms with Gasteiger partial charge in [-0.2, -0.15) is 5.10 Å². The van der Waals surface area contributed by atoms with E-state index < -0.39 is 6.04 Å². The first-order valence-electron chi connectivity index (χ1n) is 8.86. The van der Waals surface area contributed by atoms with Gasteiger partial charge in [0.05, 0.1) is 13.1 Å². The quantitative estimate of drug-likeness (QED) is 0.786. The molecular weight excluding hydrogens is 308 g/mol. The Hall–Kier alpha value is -1.96. The molecule has 2 fully saturated rings. The molecule has 2 aliphatic rings. The minimum absolute atomic E-state index is 0.0568. The van der Waals surface area contributed by atoms with Gasteiger partial charge in [-0.05, 0) is 38.6 Å². The van der Waals surface area contributed by atoms with Gasteiger partial charge in [0.1, 0.15) is 18.7 Å². The number of amides is 2. The zero-order chi connectivity index (χ0) is 16.8. The second-order valence-corrected chi connectivity index (χ2v) is 6.64. The van der Waals surface area contributed by atoms with Crippen molar-refractivity contribution in [2.75, 3.05) is 19.6 Å². The molecule has 8 nitrogen and oxygen atoms in total.